The zero-order chi connectivity index (χ0) is 13.3. The Morgan fingerprint density at radius 3 is 2.33 bits per heavy atom. The van der Waals surface area contributed by atoms with Crippen LogP contribution in [0.1, 0.15) is 10.5 Å². The van der Waals surface area contributed by atoms with Crippen molar-refractivity contribution < 1.29 is 14.5 Å². The molecule has 6 nitrogen and oxygen atoms in total. The monoisotopic (exact) mass is 341 g/mol. The summed E-state index contributed by atoms with van der Waals surface area (Å²) >= 11 is 3.23. The van der Waals surface area contributed by atoms with Gasteiger partial charge in [-0.1, -0.05) is 0 Å². The summed E-state index contributed by atoms with van der Waals surface area (Å²) in [6.07, 6.45) is 1.57. The summed E-state index contributed by atoms with van der Waals surface area (Å²) in [6.45, 7) is 0. The summed E-state index contributed by atoms with van der Waals surface area (Å²) in [7, 11) is 6.24. The van der Waals surface area contributed by atoms with E-state index in [9.17, 15) is 4.79 Å². The molecule has 0 saturated heterocycles. The van der Waals surface area contributed by atoms with E-state index < -0.39 is 0 Å². The van der Waals surface area contributed by atoms with Gasteiger partial charge in [-0.3, -0.25) is 9.63 Å². The zero-order valence-corrected chi connectivity index (χ0v) is 13.0. The molecule has 0 aromatic carbocycles. The summed E-state index contributed by atoms with van der Waals surface area (Å²) in [6, 6.07) is 3.38. The highest BCUT2D eigenvalue weighted by molar-refractivity contribution is 9.10. The number of rotatable bonds is 3. The number of amides is 1. The summed E-state index contributed by atoms with van der Waals surface area (Å²) in [4.78, 5) is 24.4. The number of aromatic nitrogens is 1. The lowest BCUT2D eigenvalue weighted by Gasteiger charge is -2.12. The zero-order valence-electron chi connectivity index (χ0n) is 10.6. The lowest BCUT2D eigenvalue weighted by Crippen LogP contribution is -2.26. The molecule has 8 heteroatoms. The topological polar surface area (TPSA) is 63.7 Å². The first-order valence-corrected chi connectivity index (χ1v) is 5.49. The molecule has 0 spiro atoms. The van der Waals surface area contributed by atoms with Gasteiger partial charge in [0.2, 0.25) is 0 Å². The first-order valence-electron chi connectivity index (χ1n) is 4.70. The molecule has 18 heavy (non-hydrogen) atoms. The number of hydrogen-bond acceptors (Lipinski definition) is 5. The summed E-state index contributed by atoms with van der Waals surface area (Å²) in [5.74, 6) is -0.269. The van der Waals surface area contributed by atoms with Crippen LogP contribution in [-0.4, -0.2) is 44.3 Å². The van der Waals surface area contributed by atoms with Crippen LogP contribution in [-0.2, 0) is 9.68 Å². The number of hydrogen-bond donors (Lipinski definition) is 1. The maximum absolute atomic E-state index is 11.4. The van der Waals surface area contributed by atoms with Gasteiger partial charge in [-0.15, -0.1) is 12.4 Å². The number of carbonyl (C=O) groups excluding carboxylic acids is 1. The van der Waals surface area contributed by atoms with Gasteiger partial charge in [-0.25, -0.2) is 15.5 Å². The van der Waals surface area contributed by atoms with Crippen molar-refractivity contribution in [3.05, 3.63) is 28.5 Å². The Morgan fingerprint density at radius 1 is 1.44 bits per heavy atom. The van der Waals surface area contributed by atoms with E-state index in [-0.39, 0.29) is 18.3 Å². The molecule has 1 N–H and O–H groups in total. The summed E-state index contributed by atoms with van der Waals surface area (Å²) in [5, 5.41) is 1.12. The van der Waals surface area contributed by atoms with Crippen molar-refractivity contribution in [3.63, 3.8) is 0 Å². The number of hydroxylamine groups is 3. The fourth-order valence-corrected chi connectivity index (χ4v) is 0.981. The van der Waals surface area contributed by atoms with Crippen LogP contribution in [0.3, 0.4) is 0 Å². The van der Waals surface area contributed by atoms with Gasteiger partial charge in [0, 0.05) is 24.8 Å². The van der Waals surface area contributed by atoms with Crippen molar-refractivity contribution >= 4 is 34.2 Å². The van der Waals surface area contributed by atoms with Crippen LogP contribution in [0.25, 0.3) is 0 Å². The van der Waals surface area contributed by atoms with Gasteiger partial charge in [0.05, 0.1) is 14.2 Å². The average Bonchev–Trinajstić information content (AvgIpc) is 2.38. The fourth-order valence-electron chi connectivity index (χ4n) is 0.747. The first-order chi connectivity index (χ1) is 8.06. The highest BCUT2D eigenvalue weighted by Crippen LogP contribution is 2.08. The van der Waals surface area contributed by atoms with E-state index in [0.717, 1.165) is 9.54 Å². The SMILES string of the molecule is CNOC.CON(C)C(=O)c1ccc(Br)cn1.Cl. The number of pyridine rings is 1. The Bertz CT molecular complexity index is 336. The molecule has 0 aliphatic heterocycles. The van der Waals surface area contributed by atoms with Gasteiger partial charge in [0.25, 0.3) is 5.91 Å². The molecule has 1 amide bonds. The standard InChI is InChI=1S/C8H9BrN2O2.C2H7NO.ClH/c1-11(13-2)8(12)7-4-3-6(9)5-10-7;1-3-4-2;/h3-5H,1-2H3;3H,1-2H3;1H. The Kier molecular flexibility index (Phi) is 12.4. The summed E-state index contributed by atoms with van der Waals surface area (Å²) in [5.41, 5.74) is 2.78. The van der Waals surface area contributed by atoms with Gasteiger partial charge >= 0.3 is 0 Å². The molecular formula is C10H17BrClN3O3. The smallest absolute Gasteiger partial charge is 0.295 e. The highest BCUT2D eigenvalue weighted by atomic mass is 79.9. The maximum atomic E-state index is 11.4. The number of halogens is 2. The molecule has 0 radical (unpaired) electrons. The molecule has 1 aromatic rings. The molecule has 1 aromatic heterocycles. The molecule has 0 saturated carbocycles. The second kappa shape index (κ2) is 11.4. The van der Waals surface area contributed by atoms with Crippen LogP contribution in [0.15, 0.2) is 22.8 Å². The third-order valence-corrected chi connectivity index (χ3v) is 2.18. The lowest BCUT2D eigenvalue weighted by atomic mass is 10.3. The predicted octanol–water partition coefficient (Wildman–Crippen LogP) is 1.67. The molecule has 104 valence electrons. The minimum Gasteiger partial charge on any atom is -0.305 e. The minimum atomic E-state index is -0.269. The molecule has 0 bridgehead atoms. The molecule has 1 heterocycles. The molecular weight excluding hydrogens is 325 g/mol. The van der Waals surface area contributed by atoms with E-state index in [2.05, 4.69) is 31.2 Å². The van der Waals surface area contributed by atoms with Gasteiger partial charge in [0.1, 0.15) is 5.69 Å². The fraction of sp³-hybridized carbons (Fsp3) is 0.400. The van der Waals surface area contributed by atoms with Crippen molar-refractivity contribution in [2.45, 2.75) is 0 Å². The second-order valence-corrected chi connectivity index (χ2v) is 3.67. The highest BCUT2D eigenvalue weighted by Gasteiger charge is 2.11. The Hall–Kier alpha value is -0.730. The van der Waals surface area contributed by atoms with Crippen LogP contribution in [0.5, 0.6) is 0 Å². The molecule has 1 rings (SSSR count). The van der Waals surface area contributed by atoms with Crippen molar-refractivity contribution in [2.75, 3.05) is 28.3 Å². The van der Waals surface area contributed by atoms with Crippen molar-refractivity contribution in [1.82, 2.24) is 15.5 Å². The molecule has 0 fully saturated rings. The van der Waals surface area contributed by atoms with Crippen LogP contribution in [0.4, 0.5) is 0 Å². The molecule has 0 atom stereocenters. The molecule has 0 unspecified atom stereocenters. The predicted molar refractivity (Wildman–Crippen MR) is 74.4 cm³/mol. The van der Waals surface area contributed by atoms with Crippen molar-refractivity contribution in [1.29, 1.82) is 0 Å². The largest absolute Gasteiger partial charge is 0.305 e. The van der Waals surface area contributed by atoms with E-state index in [0.29, 0.717) is 5.69 Å². The van der Waals surface area contributed by atoms with Gasteiger partial charge in [-0.2, -0.15) is 0 Å². The van der Waals surface area contributed by atoms with Crippen molar-refractivity contribution in [3.8, 4) is 0 Å². The van der Waals surface area contributed by atoms with E-state index in [1.807, 2.05) is 0 Å². The molecule has 0 aliphatic rings. The molecule has 0 aliphatic carbocycles. The first kappa shape index (κ1) is 19.6. The third-order valence-electron chi connectivity index (χ3n) is 1.71. The minimum absolute atomic E-state index is 0. The van der Waals surface area contributed by atoms with Crippen LogP contribution in [0, 0.1) is 0 Å². The van der Waals surface area contributed by atoms with Crippen LogP contribution in [0.2, 0.25) is 0 Å². The van der Waals surface area contributed by atoms with Crippen molar-refractivity contribution in [2.24, 2.45) is 0 Å². The second-order valence-electron chi connectivity index (χ2n) is 2.76. The maximum Gasteiger partial charge on any atom is 0.295 e. The van der Waals surface area contributed by atoms with E-state index in [1.54, 1.807) is 32.5 Å². The number of carbonyl (C=O) groups is 1. The third kappa shape index (κ3) is 7.57. The van der Waals surface area contributed by atoms with E-state index in [1.165, 1.54) is 14.2 Å². The van der Waals surface area contributed by atoms with Gasteiger partial charge in [-0.05, 0) is 28.1 Å². The van der Waals surface area contributed by atoms with E-state index in [4.69, 9.17) is 4.84 Å². The lowest BCUT2D eigenvalue weighted by molar-refractivity contribution is -0.0760. The quantitative estimate of drug-likeness (QED) is 0.847. The van der Waals surface area contributed by atoms with Crippen LogP contribution < -0.4 is 5.48 Å². The van der Waals surface area contributed by atoms with Gasteiger partial charge < -0.3 is 4.84 Å². The normalized spacial score (nSPS) is 8.72. The van der Waals surface area contributed by atoms with Gasteiger partial charge in [0.15, 0.2) is 0 Å². The Morgan fingerprint density at radius 2 is 2.00 bits per heavy atom. The average molecular weight is 343 g/mol. The summed E-state index contributed by atoms with van der Waals surface area (Å²) < 4.78 is 0.837. The van der Waals surface area contributed by atoms with Crippen LogP contribution >= 0.6 is 28.3 Å². The Balaban J connectivity index is 0. The Labute approximate surface area is 121 Å². The number of nitrogens with zero attached hydrogens (tertiary/aromatic N) is 2. The van der Waals surface area contributed by atoms with E-state index >= 15 is 0 Å². The number of nitrogens with one attached hydrogen (secondary N) is 1.